The Labute approximate surface area is 146 Å². The minimum absolute atomic E-state index is 0.117. The normalized spacial score (nSPS) is 11.1. The summed E-state index contributed by atoms with van der Waals surface area (Å²) in [6, 6.07) is 11.1. The van der Waals surface area contributed by atoms with Gasteiger partial charge in [-0.05, 0) is 36.6 Å². The highest BCUT2D eigenvalue weighted by atomic mass is 79.9. The van der Waals surface area contributed by atoms with E-state index in [0.29, 0.717) is 17.8 Å². The molecule has 23 heavy (non-hydrogen) atoms. The van der Waals surface area contributed by atoms with Crippen LogP contribution in [-0.4, -0.2) is 17.5 Å². The van der Waals surface area contributed by atoms with Crippen molar-refractivity contribution in [3.8, 4) is 0 Å². The molecule has 7 heteroatoms. The molecule has 2 aromatic rings. The first-order chi connectivity index (χ1) is 11.0. The number of thiophene rings is 1. The van der Waals surface area contributed by atoms with Crippen molar-refractivity contribution in [2.45, 2.75) is 19.8 Å². The molecule has 0 spiro atoms. The van der Waals surface area contributed by atoms with Gasteiger partial charge in [0.25, 0.3) is 0 Å². The molecule has 0 bridgehead atoms. The van der Waals surface area contributed by atoms with E-state index in [4.69, 9.17) is 0 Å². The topological polar surface area (TPSA) is 70.6 Å². The van der Waals surface area contributed by atoms with E-state index in [9.17, 15) is 9.59 Å². The van der Waals surface area contributed by atoms with Gasteiger partial charge in [-0.2, -0.15) is 5.10 Å². The molecular formula is C16H16BrN3O2S. The van der Waals surface area contributed by atoms with Crippen LogP contribution in [0, 0.1) is 0 Å². The van der Waals surface area contributed by atoms with Gasteiger partial charge in [-0.15, -0.1) is 11.3 Å². The molecule has 0 aliphatic heterocycles. The molecule has 1 heterocycles. The van der Waals surface area contributed by atoms with Crippen LogP contribution in [0.2, 0.25) is 0 Å². The quantitative estimate of drug-likeness (QED) is 0.581. The summed E-state index contributed by atoms with van der Waals surface area (Å²) in [4.78, 5) is 24.6. The first kappa shape index (κ1) is 17.4. The fraction of sp³-hybridized carbons (Fsp3) is 0.188. The molecule has 0 radical (unpaired) electrons. The van der Waals surface area contributed by atoms with E-state index >= 15 is 0 Å². The lowest BCUT2D eigenvalue weighted by atomic mass is 10.2. The largest absolute Gasteiger partial charge is 0.326 e. The molecule has 2 amide bonds. The Bertz CT molecular complexity index is 714. The predicted octanol–water partition coefficient (Wildman–Crippen LogP) is 3.57. The van der Waals surface area contributed by atoms with Crippen LogP contribution in [0.5, 0.6) is 0 Å². The summed E-state index contributed by atoms with van der Waals surface area (Å²) in [6.07, 6.45) is 0.407. The maximum Gasteiger partial charge on any atom is 0.245 e. The number of rotatable bonds is 6. The molecule has 2 N–H and O–H groups in total. The number of halogens is 1. The van der Waals surface area contributed by atoms with Crippen molar-refractivity contribution in [3.63, 3.8) is 0 Å². The first-order valence-corrected chi connectivity index (χ1v) is 8.60. The number of carbonyl (C=O) groups is 2. The Morgan fingerprint density at radius 1 is 1.22 bits per heavy atom. The van der Waals surface area contributed by atoms with Gasteiger partial charge in [0, 0.05) is 20.7 Å². The molecule has 0 aliphatic carbocycles. The van der Waals surface area contributed by atoms with Crippen LogP contribution in [0.25, 0.3) is 0 Å². The van der Waals surface area contributed by atoms with Gasteiger partial charge in [-0.3, -0.25) is 9.59 Å². The zero-order valence-electron chi connectivity index (χ0n) is 12.5. The summed E-state index contributed by atoms with van der Waals surface area (Å²) in [5.41, 5.74) is 3.71. The SMILES string of the molecule is C/C(CC(=O)Nc1cccc(Br)c1)=N/NC(=O)Cc1cccs1. The van der Waals surface area contributed by atoms with Gasteiger partial charge in [-0.1, -0.05) is 28.1 Å². The summed E-state index contributed by atoms with van der Waals surface area (Å²) in [5, 5.41) is 8.65. The van der Waals surface area contributed by atoms with Crippen LogP contribution in [0.3, 0.4) is 0 Å². The summed E-state index contributed by atoms with van der Waals surface area (Å²) in [6.45, 7) is 1.70. The third kappa shape index (κ3) is 6.33. The Kier molecular flexibility index (Phi) is 6.49. The van der Waals surface area contributed by atoms with E-state index in [-0.39, 0.29) is 18.2 Å². The Hall–Kier alpha value is -1.99. The van der Waals surface area contributed by atoms with E-state index < -0.39 is 0 Å². The van der Waals surface area contributed by atoms with Crippen LogP contribution < -0.4 is 10.7 Å². The van der Waals surface area contributed by atoms with Gasteiger partial charge in [0.2, 0.25) is 11.8 Å². The molecule has 1 aromatic carbocycles. The van der Waals surface area contributed by atoms with Gasteiger partial charge < -0.3 is 5.32 Å². The number of nitrogens with zero attached hydrogens (tertiary/aromatic N) is 1. The lowest BCUT2D eigenvalue weighted by molar-refractivity contribution is -0.120. The zero-order valence-corrected chi connectivity index (χ0v) is 14.9. The van der Waals surface area contributed by atoms with Crippen molar-refractivity contribution in [2.75, 3.05) is 5.32 Å². The highest BCUT2D eigenvalue weighted by Gasteiger charge is 2.07. The van der Waals surface area contributed by atoms with Crippen molar-refractivity contribution in [1.82, 2.24) is 5.43 Å². The summed E-state index contributed by atoms with van der Waals surface area (Å²) in [5.74, 6) is -0.379. The smallest absolute Gasteiger partial charge is 0.245 e. The Balaban J connectivity index is 1.79. The number of carbonyl (C=O) groups excluding carboxylic acids is 2. The summed E-state index contributed by atoms with van der Waals surface area (Å²) in [7, 11) is 0. The fourth-order valence-electron chi connectivity index (χ4n) is 1.81. The molecule has 5 nitrogen and oxygen atoms in total. The van der Waals surface area contributed by atoms with E-state index in [1.165, 1.54) is 11.3 Å². The maximum atomic E-state index is 11.9. The lowest BCUT2D eigenvalue weighted by Crippen LogP contribution is -2.22. The monoisotopic (exact) mass is 393 g/mol. The lowest BCUT2D eigenvalue weighted by Gasteiger charge is -2.06. The van der Waals surface area contributed by atoms with Gasteiger partial charge in [0.1, 0.15) is 0 Å². The van der Waals surface area contributed by atoms with E-state index in [1.807, 2.05) is 35.7 Å². The number of amides is 2. The number of nitrogens with one attached hydrogen (secondary N) is 2. The van der Waals surface area contributed by atoms with Gasteiger partial charge in [0.05, 0.1) is 12.8 Å². The van der Waals surface area contributed by atoms with Crippen LogP contribution in [0.1, 0.15) is 18.2 Å². The second-order valence-electron chi connectivity index (χ2n) is 4.87. The highest BCUT2D eigenvalue weighted by Crippen LogP contribution is 2.15. The molecule has 2 rings (SSSR count). The number of anilines is 1. The molecule has 1 aromatic heterocycles. The second-order valence-corrected chi connectivity index (χ2v) is 6.82. The standard InChI is InChI=1S/C16H16BrN3O2S/c1-11(19-20-16(22)10-14-6-3-7-23-14)8-15(21)18-13-5-2-4-12(17)9-13/h2-7,9H,8,10H2,1H3,(H,18,21)(H,20,22)/b19-11-. The van der Waals surface area contributed by atoms with E-state index in [2.05, 4.69) is 31.8 Å². The van der Waals surface area contributed by atoms with Crippen molar-refractivity contribution >= 4 is 50.5 Å². The molecule has 0 fully saturated rings. The predicted molar refractivity (Wildman–Crippen MR) is 96.7 cm³/mol. The molecule has 0 unspecified atom stereocenters. The van der Waals surface area contributed by atoms with Gasteiger partial charge in [-0.25, -0.2) is 5.43 Å². The minimum atomic E-state index is -0.195. The van der Waals surface area contributed by atoms with Crippen molar-refractivity contribution in [2.24, 2.45) is 5.10 Å². The number of benzene rings is 1. The summed E-state index contributed by atoms with van der Waals surface area (Å²) < 4.78 is 0.890. The summed E-state index contributed by atoms with van der Waals surface area (Å²) >= 11 is 4.87. The molecule has 120 valence electrons. The minimum Gasteiger partial charge on any atom is -0.326 e. The van der Waals surface area contributed by atoms with Crippen LogP contribution >= 0.6 is 27.3 Å². The van der Waals surface area contributed by atoms with Gasteiger partial charge >= 0.3 is 0 Å². The average Bonchev–Trinajstić information content (AvgIpc) is 2.98. The third-order valence-corrected chi connectivity index (χ3v) is 4.18. The first-order valence-electron chi connectivity index (χ1n) is 6.93. The van der Waals surface area contributed by atoms with Crippen LogP contribution in [0.4, 0.5) is 5.69 Å². The fourth-order valence-corrected chi connectivity index (χ4v) is 2.91. The molecule has 0 atom stereocenters. The number of hydrazone groups is 1. The average molecular weight is 394 g/mol. The molecule has 0 aliphatic rings. The van der Waals surface area contributed by atoms with Crippen molar-refractivity contribution < 1.29 is 9.59 Å². The van der Waals surface area contributed by atoms with Crippen molar-refractivity contribution in [1.29, 1.82) is 0 Å². The van der Waals surface area contributed by atoms with Crippen LogP contribution in [-0.2, 0) is 16.0 Å². The van der Waals surface area contributed by atoms with Crippen LogP contribution in [0.15, 0.2) is 51.4 Å². The van der Waals surface area contributed by atoms with Crippen molar-refractivity contribution in [3.05, 3.63) is 51.1 Å². The third-order valence-electron chi connectivity index (χ3n) is 2.81. The molecule has 0 saturated heterocycles. The highest BCUT2D eigenvalue weighted by molar-refractivity contribution is 9.10. The van der Waals surface area contributed by atoms with E-state index in [0.717, 1.165) is 9.35 Å². The second kappa shape index (κ2) is 8.59. The zero-order chi connectivity index (χ0) is 16.7. The Morgan fingerprint density at radius 3 is 2.74 bits per heavy atom. The van der Waals surface area contributed by atoms with Gasteiger partial charge in [0.15, 0.2) is 0 Å². The van der Waals surface area contributed by atoms with E-state index in [1.54, 1.807) is 13.0 Å². The maximum absolute atomic E-state index is 11.9. The molecule has 0 saturated carbocycles. The molecular weight excluding hydrogens is 378 g/mol. The Morgan fingerprint density at radius 2 is 2.04 bits per heavy atom. The number of hydrogen-bond donors (Lipinski definition) is 2. The number of hydrogen-bond acceptors (Lipinski definition) is 4.